The summed E-state index contributed by atoms with van der Waals surface area (Å²) in [6.45, 7) is 1.75. The maximum Gasteiger partial charge on any atom is 0.405 e. The van der Waals surface area contributed by atoms with E-state index in [2.05, 4.69) is 27.0 Å². The van der Waals surface area contributed by atoms with Crippen molar-refractivity contribution in [2.24, 2.45) is 0 Å². The number of benzene rings is 3. The van der Waals surface area contributed by atoms with Gasteiger partial charge in [-0.05, 0) is 54.3 Å². The van der Waals surface area contributed by atoms with Crippen molar-refractivity contribution < 1.29 is 24.3 Å². The Morgan fingerprint density at radius 1 is 1.00 bits per heavy atom. The summed E-state index contributed by atoms with van der Waals surface area (Å²) in [5.41, 5.74) is 4.04. The van der Waals surface area contributed by atoms with E-state index < -0.39 is 30.0 Å². The smallest absolute Gasteiger partial charge is 0.405 e. The molecule has 42 heavy (non-hydrogen) atoms. The number of nitrogens with zero attached hydrogens (tertiary/aromatic N) is 2. The van der Waals surface area contributed by atoms with Gasteiger partial charge < -0.3 is 30.9 Å². The fourth-order valence-corrected chi connectivity index (χ4v) is 5.28. The Labute approximate surface area is 241 Å². The third kappa shape index (κ3) is 5.78. The van der Waals surface area contributed by atoms with Crippen molar-refractivity contribution in [3.05, 3.63) is 83.9 Å². The third-order valence-electron chi connectivity index (χ3n) is 7.16. The molecule has 0 spiro atoms. The molecule has 2 atom stereocenters. The van der Waals surface area contributed by atoms with Crippen molar-refractivity contribution in [3.8, 4) is 17.3 Å². The number of amides is 4. The fourth-order valence-electron chi connectivity index (χ4n) is 5.28. The highest BCUT2D eigenvalue weighted by Crippen LogP contribution is 2.32. The highest BCUT2D eigenvalue weighted by Gasteiger charge is 2.38. The average molecular weight is 565 g/mol. The maximum atomic E-state index is 13.5. The molecule has 5 rings (SSSR count). The molecule has 11 heteroatoms. The Morgan fingerprint density at radius 3 is 2.38 bits per heavy atom. The predicted molar refractivity (Wildman–Crippen MR) is 156 cm³/mol. The molecule has 4 aromatic rings. The van der Waals surface area contributed by atoms with E-state index in [1.165, 1.54) is 11.8 Å². The summed E-state index contributed by atoms with van der Waals surface area (Å²) in [6.07, 6.45) is -0.313. The van der Waals surface area contributed by atoms with E-state index in [1.54, 1.807) is 72.8 Å². The number of rotatable bonds is 7. The first kappa shape index (κ1) is 27.9. The molecule has 0 bridgehead atoms. The molecule has 2 heterocycles. The number of fused-ring (bicyclic) bond motifs is 1. The second-order valence-corrected chi connectivity index (χ2v) is 9.98. The van der Waals surface area contributed by atoms with Gasteiger partial charge in [0, 0.05) is 35.7 Å². The molecule has 3 aromatic carbocycles. The second-order valence-electron chi connectivity index (χ2n) is 9.98. The average Bonchev–Trinajstić information content (AvgIpc) is 3.61. The number of carbonyl (C=O) groups is 4. The van der Waals surface area contributed by atoms with Crippen LogP contribution in [-0.4, -0.2) is 51.4 Å². The van der Waals surface area contributed by atoms with Crippen LogP contribution in [0.25, 0.3) is 22.2 Å². The van der Waals surface area contributed by atoms with Crippen LogP contribution in [0.5, 0.6) is 0 Å². The summed E-state index contributed by atoms with van der Waals surface area (Å²) in [5.74, 6) is -1.08. The molecule has 0 unspecified atom stereocenters. The van der Waals surface area contributed by atoms with Gasteiger partial charge in [0.1, 0.15) is 18.2 Å². The Kier molecular flexibility index (Phi) is 7.88. The second kappa shape index (κ2) is 11.9. The molecule has 5 N–H and O–H groups in total. The summed E-state index contributed by atoms with van der Waals surface area (Å²) in [5, 5.41) is 27.8. The van der Waals surface area contributed by atoms with Crippen LogP contribution in [0.15, 0.2) is 72.8 Å². The minimum absolute atomic E-state index is 0.182. The topological polar surface area (TPSA) is 167 Å². The lowest BCUT2D eigenvalue weighted by Gasteiger charge is -2.28. The summed E-state index contributed by atoms with van der Waals surface area (Å²) < 4.78 is 0. The van der Waals surface area contributed by atoms with E-state index in [4.69, 9.17) is 0 Å². The van der Waals surface area contributed by atoms with Gasteiger partial charge in [-0.15, -0.1) is 0 Å². The maximum absolute atomic E-state index is 13.5. The molecular weight excluding hydrogens is 536 g/mol. The van der Waals surface area contributed by atoms with E-state index in [1.807, 2.05) is 0 Å². The van der Waals surface area contributed by atoms with Crippen LogP contribution in [0.3, 0.4) is 0 Å². The van der Waals surface area contributed by atoms with Crippen molar-refractivity contribution in [2.45, 2.75) is 31.8 Å². The predicted octanol–water partition coefficient (Wildman–Crippen LogP) is 4.60. The van der Waals surface area contributed by atoms with Crippen LogP contribution in [0.2, 0.25) is 0 Å². The van der Waals surface area contributed by atoms with Crippen LogP contribution in [-0.2, 0) is 14.4 Å². The van der Waals surface area contributed by atoms with Crippen LogP contribution in [0.4, 0.5) is 16.2 Å². The monoisotopic (exact) mass is 564 g/mol. The molecule has 11 nitrogen and oxygen atoms in total. The number of H-pyrrole nitrogens is 1. The van der Waals surface area contributed by atoms with E-state index in [-0.39, 0.29) is 5.91 Å². The van der Waals surface area contributed by atoms with Crippen LogP contribution >= 0.6 is 0 Å². The number of likely N-dealkylation sites (tertiary alicyclic amines) is 1. The first-order valence-corrected chi connectivity index (χ1v) is 13.3. The molecular formula is C31H28N6O5. The van der Waals surface area contributed by atoms with Gasteiger partial charge in [-0.25, -0.2) is 4.79 Å². The van der Waals surface area contributed by atoms with E-state index in [9.17, 15) is 29.5 Å². The number of aromatic nitrogens is 1. The van der Waals surface area contributed by atoms with Crippen molar-refractivity contribution in [1.29, 1.82) is 5.26 Å². The minimum Gasteiger partial charge on any atom is -0.465 e. The molecule has 0 saturated carbocycles. The molecule has 1 fully saturated rings. The zero-order valence-electron chi connectivity index (χ0n) is 22.7. The summed E-state index contributed by atoms with van der Waals surface area (Å²) >= 11 is 0. The third-order valence-corrected chi connectivity index (χ3v) is 7.16. The van der Waals surface area contributed by atoms with Gasteiger partial charge in [-0.3, -0.25) is 14.4 Å². The van der Waals surface area contributed by atoms with Gasteiger partial charge in [0.25, 0.3) is 5.91 Å². The largest absolute Gasteiger partial charge is 0.465 e. The number of nitrogens with one attached hydrogen (secondary N) is 4. The van der Waals surface area contributed by atoms with Crippen molar-refractivity contribution in [1.82, 2.24) is 15.2 Å². The lowest BCUT2D eigenvalue weighted by atomic mass is 10.0. The zero-order chi connectivity index (χ0) is 29.8. The highest BCUT2D eigenvalue weighted by atomic mass is 16.4. The number of hydrogen-bond donors (Lipinski definition) is 5. The van der Waals surface area contributed by atoms with Gasteiger partial charge in [0.05, 0.1) is 11.3 Å². The molecule has 0 aliphatic carbocycles. The normalized spacial score (nSPS) is 15.0. The Morgan fingerprint density at radius 2 is 1.71 bits per heavy atom. The summed E-state index contributed by atoms with van der Waals surface area (Å²) in [6, 6.07) is 21.1. The van der Waals surface area contributed by atoms with Gasteiger partial charge in [-0.1, -0.05) is 42.5 Å². The lowest BCUT2D eigenvalue weighted by Crippen LogP contribution is -2.48. The molecule has 1 aromatic heterocycles. The Balaban J connectivity index is 1.37. The van der Waals surface area contributed by atoms with E-state index in [0.29, 0.717) is 58.5 Å². The first-order chi connectivity index (χ1) is 20.2. The highest BCUT2D eigenvalue weighted by molar-refractivity contribution is 6.02. The quantitative estimate of drug-likeness (QED) is 0.220. The summed E-state index contributed by atoms with van der Waals surface area (Å²) in [7, 11) is 0. The Bertz CT molecular complexity index is 1710. The van der Waals surface area contributed by atoms with Gasteiger partial charge in [0.2, 0.25) is 11.8 Å². The van der Waals surface area contributed by atoms with Crippen LogP contribution in [0, 0.1) is 11.3 Å². The van der Waals surface area contributed by atoms with E-state index >= 15 is 0 Å². The zero-order valence-corrected chi connectivity index (χ0v) is 22.7. The van der Waals surface area contributed by atoms with Crippen LogP contribution < -0.4 is 16.0 Å². The summed E-state index contributed by atoms with van der Waals surface area (Å²) in [4.78, 5) is 54.3. The van der Waals surface area contributed by atoms with Gasteiger partial charge in [0.15, 0.2) is 0 Å². The SMILES string of the molecule is CC(=O)Nc1ccc(-c2[nH]c3ccc(NC(=O)[C@@H]4CCCN4C(=O)[C@H](NC(=O)O)c4ccccc4)cc3c2C#N)cc1. The molecule has 212 valence electrons. The molecule has 1 aliphatic heterocycles. The number of carboxylic acid groups (broad SMARTS) is 1. The molecule has 1 aliphatic rings. The number of anilines is 2. The van der Waals surface area contributed by atoms with Gasteiger partial charge >= 0.3 is 6.09 Å². The van der Waals surface area contributed by atoms with Crippen LogP contribution in [0.1, 0.15) is 36.9 Å². The Hall–Kier alpha value is -5.63. The fraction of sp³-hybridized carbons (Fsp3) is 0.194. The van der Waals surface area contributed by atoms with E-state index in [0.717, 1.165) is 5.56 Å². The number of hydrogen-bond acceptors (Lipinski definition) is 5. The minimum atomic E-state index is -1.34. The van der Waals surface area contributed by atoms with Gasteiger partial charge in [-0.2, -0.15) is 5.26 Å². The number of aromatic amines is 1. The molecule has 1 saturated heterocycles. The standard InChI is InChI=1S/C31H28N6O5/c1-18(38)33-21-11-9-20(10-12-21)27-24(17-32)23-16-22(13-14-25(23)35-27)34-29(39)26-8-5-15-37(26)30(40)28(36-31(41)42)19-6-3-2-4-7-19/h2-4,6-7,9-14,16,26,28,35-36H,5,8,15H2,1H3,(H,33,38)(H,34,39)(H,41,42)/t26-,28+/m0/s1. The lowest BCUT2D eigenvalue weighted by molar-refractivity contribution is -0.138. The number of nitriles is 1. The van der Waals surface area contributed by atoms with Crippen molar-refractivity contribution >= 4 is 46.1 Å². The first-order valence-electron chi connectivity index (χ1n) is 13.3. The number of carbonyl (C=O) groups excluding carboxylic acids is 3. The van der Waals surface area contributed by atoms with Crippen molar-refractivity contribution in [2.75, 3.05) is 17.2 Å². The molecule has 4 amide bonds. The van der Waals surface area contributed by atoms with Crippen molar-refractivity contribution in [3.63, 3.8) is 0 Å². The molecule has 0 radical (unpaired) electrons.